The van der Waals surface area contributed by atoms with E-state index in [0.29, 0.717) is 30.6 Å². The fourth-order valence-electron chi connectivity index (χ4n) is 3.16. The van der Waals surface area contributed by atoms with Crippen molar-refractivity contribution in [1.82, 2.24) is 9.80 Å². The molecule has 2 aliphatic heterocycles. The Kier molecular flexibility index (Phi) is 4.14. The number of furan rings is 1. The number of piperidine rings is 1. The Labute approximate surface area is 120 Å². The summed E-state index contributed by atoms with van der Waals surface area (Å²) in [4.78, 5) is 4.78. The van der Waals surface area contributed by atoms with E-state index in [9.17, 15) is 8.42 Å². The quantitative estimate of drug-likeness (QED) is 0.832. The SMILES string of the molecule is O=S1(=O)CCN(C2CCN(Cc3ccco3)CC2)CC1. The summed E-state index contributed by atoms with van der Waals surface area (Å²) in [6.45, 7) is 4.44. The van der Waals surface area contributed by atoms with E-state index in [0.717, 1.165) is 38.2 Å². The fraction of sp³-hybridized carbons (Fsp3) is 0.714. The van der Waals surface area contributed by atoms with Gasteiger partial charge in [0.1, 0.15) is 5.76 Å². The summed E-state index contributed by atoms with van der Waals surface area (Å²) in [6, 6.07) is 4.50. The summed E-state index contributed by atoms with van der Waals surface area (Å²) in [6.07, 6.45) is 3.97. The molecular formula is C14H22N2O3S. The van der Waals surface area contributed by atoms with Gasteiger partial charge in [-0.05, 0) is 25.0 Å². The summed E-state index contributed by atoms with van der Waals surface area (Å²) >= 11 is 0. The van der Waals surface area contributed by atoms with Gasteiger partial charge in [0.25, 0.3) is 0 Å². The lowest BCUT2D eigenvalue weighted by Crippen LogP contribution is -2.50. The molecule has 3 rings (SSSR count). The highest BCUT2D eigenvalue weighted by Crippen LogP contribution is 2.20. The molecule has 3 heterocycles. The molecular weight excluding hydrogens is 276 g/mol. The normalized spacial score (nSPS) is 25.8. The molecule has 0 amide bonds. The van der Waals surface area contributed by atoms with Crippen molar-refractivity contribution < 1.29 is 12.8 Å². The Morgan fingerprint density at radius 3 is 2.45 bits per heavy atom. The predicted molar refractivity (Wildman–Crippen MR) is 77.2 cm³/mol. The lowest BCUT2D eigenvalue weighted by atomic mass is 10.0. The summed E-state index contributed by atoms with van der Waals surface area (Å²) in [5.74, 6) is 1.69. The largest absolute Gasteiger partial charge is 0.468 e. The van der Waals surface area contributed by atoms with Gasteiger partial charge in [-0.15, -0.1) is 0 Å². The van der Waals surface area contributed by atoms with Crippen molar-refractivity contribution in [2.75, 3.05) is 37.7 Å². The molecule has 0 saturated carbocycles. The van der Waals surface area contributed by atoms with Crippen molar-refractivity contribution in [3.05, 3.63) is 24.2 Å². The number of likely N-dealkylation sites (tertiary alicyclic amines) is 1. The maximum Gasteiger partial charge on any atom is 0.152 e. The highest BCUT2D eigenvalue weighted by molar-refractivity contribution is 7.91. The van der Waals surface area contributed by atoms with E-state index >= 15 is 0 Å². The molecule has 20 heavy (non-hydrogen) atoms. The number of sulfone groups is 1. The van der Waals surface area contributed by atoms with Crippen LogP contribution in [0.2, 0.25) is 0 Å². The van der Waals surface area contributed by atoms with Crippen molar-refractivity contribution in [2.45, 2.75) is 25.4 Å². The minimum absolute atomic E-state index is 0.333. The van der Waals surface area contributed by atoms with Gasteiger partial charge in [-0.2, -0.15) is 0 Å². The van der Waals surface area contributed by atoms with Crippen molar-refractivity contribution in [3.63, 3.8) is 0 Å². The lowest BCUT2D eigenvalue weighted by molar-refractivity contribution is 0.107. The maximum atomic E-state index is 11.5. The summed E-state index contributed by atoms with van der Waals surface area (Å²) in [5, 5.41) is 0. The Hall–Kier alpha value is -0.850. The van der Waals surface area contributed by atoms with E-state index in [1.165, 1.54) is 0 Å². The average Bonchev–Trinajstić information content (AvgIpc) is 2.93. The molecule has 0 radical (unpaired) electrons. The highest BCUT2D eigenvalue weighted by atomic mass is 32.2. The molecule has 0 N–H and O–H groups in total. The van der Waals surface area contributed by atoms with E-state index < -0.39 is 9.84 Å². The van der Waals surface area contributed by atoms with Crippen molar-refractivity contribution in [3.8, 4) is 0 Å². The van der Waals surface area contributed by atoms with Crippen molar-refractivity contribution in [2.24, 2.45) is 0 Å². The Bertz CT molecular complexity index is 505. The lowest BCUT2D eigenvalue weighted by Gasteiger charge is -2.39. The van der Waals surface area contributed by atoms with E-state index in [4.69, 9.17) is 4.42 Å². The van der Waals surface area contributed by atoms with Gasteiger partial charge in [0.2, 0.25) is 0 Å². The van der Waals surface area contributed by atoms with E-state index in [2.05, 4.69) is 9.80 Å². The molecule has 2 saturated heterocycles. The van der Waals surface area contributed by atoms with Crippen LogP contribution in [0.15, 0.2) is 22.8 Å². The van der Waals surface area contributed by atoms with Crippen LogP contribution in [-0.2, 0) is 16.4 Å². The predicted octanol–water partition coefficient (Wildman–Crippen LogP) is 0.974. The Morgan fingerprint density at radius 1 is 1.15 bits per heavy atom. The highest BCUT2D eigenvalue weighted by Gasteiger charge is 2.29. The van der Waals surface area contributed by atoms with Crippen LogP contribution in [0.25, 0.3) is 0 Å². The second-order valence-corrected chi connectivity index (χ2v) is 8.08. The topological polar surface area (TPSA) is 53.8 Å². The van der Waals surface area contributed by atoms with Gasteiger partial charge < -0.3 is 4.42 Å². The molecule has 2 aliphatic rings. The van der Waals surface area contributed by atoms with Crippen LogP contribution in [0.5, 0.6) is 0 Å². The smallest absolute Gasteiger partial charge is 0.152 e. The molecule has 0 spiro atoms. The number of hydrogen-bond donors (Lipinski definition) is 0. The monoisotopic (exact) mass is 298 g/mol. The summed E-state index contributed by atoms with van der Waals surface area (Å²) in [5.41, 5.74) is 0. The zero-order valence-corrected chi connectivity index (χ0v) is 12.5. The third-order valence-corrected chi connectivity index (χ3v) is 6.02. The van der Waals surface area contributed by atoms with Crippen LogP contribution >= 0.6 is 0 Å². The van der Waals surface area contributed by atoms with Crippen LogP contribution in [-0.4, -0.2) is 61.9 Å². The van der Waals surface area contributed by atoms with Gasteiger partial charge in [0.15, 0.2) is 9.84 Å². The molecule has 1 aromatic rings. The molecule has 2 fully saturated rings. The Balaban J connectivity index is 1.47. The van der Waals surface area contributed by atoms with Gasteiger partial charge in [-0.1, -0.05) is 0 Å². The van der Waals surface area contributed by atoms with E-state index in [1.807, 2.05) is 12.1 Å². The van der Waals surface area contributed by atoms with Gasteiger partial charge in [-0.25, -0.2) is 8.42 Å². The van der Waals surface area contributed by atoms with E-state index in [1.54, 1.807) is 6.26 Å². The maximum absolute atomic E-state index is 11.5. The fourth-order valence-corrected chi connectivity index (χ4v) is 4.39. The van der Waals surface area contributed by atoms with Crippen LogP contribution in [0.1, 0.15) is 18.6 Å². The third-order valence-electron chi connectivity index (χ3n) is 4.41. The zero-order chi connectivity index (χ0) is 14.0. The molecule has 0 bridgehead atoms. The number of rotatable bonds is 3. The Morgan fingerprint density at radius 2 is 1.85 bits per heavy atom. The van der Waals surface area contributed by atoms with Crippen LogP contribution in [0.4, 0.5) is 0 Å². The average molecular weight is 298 g/mol. The van der Waals surface area contributed by atoms with Gasteiger partial charge >= 0.3 is 0 Å². The second kappa shape index (κ2) is 5.87. The van der Waals surface area contributed by atoms with Gasteiger partial charge in [-0.3, -0.25) is 9.80 Å². The molecule has 1 aromatic heterocycles. The molecule has 0 atom stereocenters. The van der Waals surface area contributed by atoms with Gasteiger partial charge in [0.05, 0.1) is 24.3 Å². The first-order chi connectivity index (χ1) is 9.62. The zero-order valence-electron chi connectivity index (χ0n) is 11.7. The van der Waals surface area contributed by atoms with Crippen molar-refractivity contribution in [1.29, 1.82) is 0 Å². The first-order valence-electron chi connectivity index (χ1n) is 7.32. The first kappa shape index (κ1) is 14.1. The second-order valence-electron chi connectivity index (χ2n) is 5.77. The summed E-state index contributed by atoms with van der Waals surface area (Å²) in [7, 11) is -2.76. The molecule has 0 aliphatic carbocycles. The molecule has 112 valence electrons. The van der Waals surface area contributed by atoms with Crippen LogP contribution < -0.4 is 0 Å². The molecule has 5 nitrogen and oxygen atoms in total. The minimum atomic E-state index is -2.76. The molecule has 0 unspecified atom stereocenters. The number of nitrogens with zero attached hydrogens (tertiary/aromatic N) is 2. The standard InChI is InChI=1S/C14H22N2O3S/c17-20(18)10-7-16(8-11-20)13-3-5-15(6-4-13)12-14-2-1-9-19-14/h1-2,9,13H,3-8,10-12H2. The van der Waals surface area contributed by atoms with Crippen LogP contribution in [0, 0.1) is 0 Å². The van der Waals surface area contributed by atoms with Crippen molar-refractivity contribution >= 4 is 9.84 Å². The third kappa shape index (κ3) is 3.42. The molecule has 6 heteroatoms. The summed E-state index contributed by atoms with van der Waals surface area (Å²) < 4.78 is 28.3. The number of hydrogen-bond acceptors (Lipinski definition) is 5. The molecule has 0 aromatic carbocycles. The van der Waals surface area contributed by atoms with E-state index in [-0.39, 0.29) is 0 Å². The van der Waals surface area contributed by atoms with Gasteiger partial charge in [0, 0.05) is 32.2 Å². The first-order valence-corrected chi connectivity index (χ1v) is 9.14. The van der Waals surface area contributed by atoms with Crippen LogP contribution in [0.3, 0.4) is 0 Å². The minimum Gasteiger partial charge on any atom is -0.468 e.